The van der Waals surface area contributed by atoms with E-state index in [2.05, 4.69) is 26.8 Å². The summed E-state index contributed by atoms with van der Waals surface area (Å²) in [5.41, 5.74) is 5.24. The minimum Gasteiger partial charge on any atom is -0.496 e. The van der Waals surface area contributed by atoms with Gasteiger partial charge in [0.2, 0.25) is 0 Å². The highest BCUT2D eigenvalue weighted by Gasteiger charge is 2.11. The van der Waals surface area contributed by atoms with E-state index in [9.17, 15) is 4.79 Å². The number of fused-ring (bicyclic) bond motifs is 1. The molecule has 3 aromatic carbocycles. The zero-order valence-corrected chi connectivity index (χ0v) is 15.2. The maximum atomic E-state index is 12.3. The second kappa shape index (κ2) is 7.75. The lowest BCUT2D eigenvalue weighted by Gasteiger charge is -2.02. The van der Waals surface area contributed by atoms with Crippen LogP contribution in [0.2, 0.25) is 0 Å². The summed E-state index contributed by atoms with van der Waals surface area (Å²) < 4.78 is 5.25. The van der Waals surface area contributed by atoms with Crippen LogP contribution in [-0.2, 0) is 0 Å². The van der Waals surface area contributed by atoms with Gasteiger partial charge in [0.1, 0.15) is 11.4 Å². The number of benzene rings is 3. The molecule has 0 unspecified atom stereocenters. The van der Waals surface area contributed by atoms with E-state index in [0.29, 0.717) is 17.1 Å². The summed E-state index contributed by atoms with van der Waals surface area (Å²) in [5.74, 6) is 0.311. The van der Waals surface area contributed by atoms with Crippen LogP contribution in [0.5, 0.6) is 5.75 Å². The number of carbonyl (C=O) groups is 1. The van der Waals surface area contributed by atoms with Crippen LogP contribution in [0.15, 0.2) is 77.9 Å². The van der Waals surface area contributed by atoms with E-state index in [1.807, 2.05) is 60.7 Å². The van der Waals surface area contributed by atoms with Crippen molar-refractivity contribution in [2.24, 2.45) is 5.10 Å². The highest BCUT2D eigenvalue weighted by atomic mass is 16.5. The van der Waals surface area contributed by atoms with Crippen LogP contribution in [-0.4, -0.2) is 29.4 Å². The molecular weight excluding hydrogens is 352 g/mol. The Kier molecular flexibility index (Phi) is 4.84. The molecule has 4 aromatic rings. The third-order valence-corrected chi connectivity index (χ3v) is 4.38. The van der Waals surface area contributed by atoms with E-state index in [4.69, 9.17) is 4.74 Å². The summed E-state index contributed by atoms with van der Waals surface area (Å²) in [5, 5.41) is 13.3. The first kappa shape index (κ1) is 17.5. The van der Waals surface area contributed by atoms with Gasteiger partial charge >= 0.3 is 0 Å². The summed E-state index contributed by atoms with van der Waals surface area (Å²) in [4.78, 5) is 12.3. The average molecular weight is 370 g/mol. The standard InChI is InChI=1S/C22H18N4O2/c1-28-21-9-5-4-8-18(21)14-23-26-22(27)20-13-19(24-25-20)17-11-10-15-6-2-3-7-16(15)12-17/h2-14H,1H3,(H,24,25)(H,26,27)/b23-14-. The number of hydrazone groups is 1. The lowest BCUT2D eigenvalue weighted by atomic mass is 10.1. The maximum Gasteiger partial charge on any atom is 0.289 e. The van der Waals surface area contributed by atoms with Crippen LogP contribution in [0.1, 0.15) is 16.1 Å². The van der Waals surface area contributed by atoms with Crippen molar-refractivity contribution < 1.29 is 9.53 Å². The number of ether oxygens (including phenoxy) is 1. The fourth-order valence-corrected chi connectivity index (χ4v) is 2.93. The van der Waals surface area contributed by atoms with Crippen molar-refractivity contribution >= 4 is 22.9 Å². The van der Waals surface area contributed by atoms with E-state index >= 15 is 0 Å². The Morgan fingerprint density at radius 2 is 1.82 bits per heavy atom. The van der Waals surface area contributed by atoms with E-state index < -0.39 is 0 Å². The fraction of sp³-hybridized carbons (Fsp3) is 0.0455. The molecule has 28 heavy (non-hydrogen) atoms. The second-order valence-corrected chi connectivity index (χ2v) is 6.17. The van der Waals surface area contributed by atoms with Crippen molar-refractivity contribution in [1.82, 2.24) is 15.6 Å². The van der Waals surface area contributed by atoms with Crippen LogP contribution >= 0.6 is 0 Å². The molecule has 0 atom stereocenters. The summed E-state index contributed by atoms with van der Waals surface area (Å²) in [6.07, 6.45) is 1.54. The molecule has 1 aromatic heterocycles. The molecule has 0 aliphatic rings. The van der Waals surface area contributed by atoms with Crippen molar-refractivity contribution in [1.29, 1.82) is 0 Å². The quantitative estimate of drug-likeness (QED) is 0.412. The smallest absolute Gasteiger partial charge is 0.289 e. The summed E-state index contributed by atoms with van der Waals surface area (Å²) in [6.45, 7) is 0. The number of nitrogens with one attached hydrogen (secondary N) is 2. The van der Waals surface area contributed by atoms with Crippen molar-refractivity contribution in [3.63, 3.8) is 0 Å². The van der Waals surface area contributed by atoms with Gasteiger partial charge in [-0.25, -0.2) is 5.43 Å². The molecule has 0 bridgehead atoms. The maximum absolute atomic E-state index is 12.3. The first-order valence-corrected chi connectivity index (χ1v) is 8.75. The van der Waals surface area contributed by atoms with Crippen LogP contribution in [0.3, 0.4) is 0 Å². The molecular formula is C22H18N4O2. The molecule has 6 nitrogen and oxygen atoms in total. The Morgan fingerprint density at radius 3 is 2.68 bits per heavy atom. The molecule has 2 N–H and O–H groups in total. The minimum absolute atomic E-state index is 0.334. The van der Waals surface area contributed by atoms with Gasteiger partial charge in [-0.3, -0.25) is 9.89 Å². The van der Waals surface area contributed by atoms with Gasteiger partial charge in [0.05, 0.1) is 19.0 Å². The molecule has 138 valence electrons. The van der Waals surface area contributed by atoms with Gasteiger partial charge in [-0.15, -0.1) is 0 Å². The molecule has 1 heterocycles. The Balaban J connectivity index is 1.48. The van der Waals surface area contributed by atoms with Gasteiger partial charge in [-0.1, -0.05) is 48.5 Å². The van der Waals surface area contributed by atoms with Crippen molar-refractivity contribution in [3.8, 4) is 17.0 Å². The van der Waals surface area contributed by atoms with Gasteiger partial charge in [-0.05, 0) is 35.0 Å². The number of rotatable bonds is 5. The van der Waals surface area contributed by atoms with Gasteiger partial charge in [0.15, 0.2) is 0 Å². The number of carbonyl (C=O) groups excluding carboxylic acids is 1. The number of aromatic nitrogens is 2. The Bertz CT molecular complexity index is 1160. The Morgan fingerprint density at radius 1 is 1.04 bits per heavy atom. The molecule has 0 radical (unpaired) electrons. The number of H-pyrrole nitrogens is 1. The number of para-hydroxylation sites is 1. The molecule has 0 fully saturated rings. The third-order valence-electron chi connectivity index (χ3n) is 4.38. The third kappa shape index (κ3) is 3.61. The molecule has 0 aliphatic carbocycles. The number of amides is 1. The topological polar surface area (TPSA) is 79.4 Å². The largest absolute Gasteiger partial charge is 0.496 e. The zero-order chi connectivity index (χ0) is 19.3. The van der Waals surface area contributed by atoms with Gasteiger partial charge in [-0.2, -0.15) is 10.2 Å². The summed E-state index contributed by atoms with van der Waals surface area (Å²) >= 11 is 0. The van der Waals surface area contributed by atoms with Crippen LogP contribution in [0.4, 0.5) is 0 Å². The first-order valence-electron chi connectivity index (χ1n) is 8.75. The van der Waals surface area contributed by atoms with E-state index in [1.54, 1.807) is 13.2 Å². The Hall–Kier alpha value is -3.93. The molecule has 1 amide bonds. The van der Waals surface area contributed by atoms with Crippen molar-refractivity contribution in [3.05, 3.63) is 84.1 Å². The molecule has 4 rings (SSSR count). The summed E-state index contributed by atoms with van der Waals surface area (Å²) in [6, 6.07) is 23.3. The number of aromatic amines is 1. The average Bonchev–Trinajstić information content (AvgIpc) is 3.24. The van der Waals surface area contributed by atoms with Crippen molar-refractivity contribution in [2.45, 2.75) is 0 Å². The molecule has 0 aliphatic heterocycles. The predicted molar refractivity (Wildman–Crippen MR) is 110 cm³/mol. The number of methoxy groups -OCH3 is 1. The number of hydrogen-bond donors (Lipinski definition) is 2. The predicted octanol–water partition coefficient (Wildman–Crippen LogP) is 4.00. The molecule has 6 heteroatoms. The van der Waals surface area contributed by atoms with E-state index in [0.717, 1.165) is 21.9 Å². The molecule has 0 spiro atoms. The number of nitrogens with zero attached hydrogens (tertiary/aromatic N) is 2. The summed E-state index contributed by atoms with van der Waals surface area (Å²) in [7, 11) is 1.59. The molecule has 0 saturated carbocycles. The van der Waals surface area contributed by atoms with Gasteiger partial charge in [0.25, 0.3) is 5.91 Å². The van der Waals surface area contributed by atoms with Crippen LogP contribution < -0.4 is 10.2 Å². The normalized spacial score (nSPS) is 11.0. The van der Waals surface area contributed by atoms with E-state index in [-0.39, 0.29) is 5.91 Å². The minimum atomic E-state index is -0.370. The second-order valence-electron chi connectivity index (χ2n) is 6.17. The van der Waals surface area contributed by atoms with Gasteiger partial charge < -0.3 is 4.74 Å². The Labute approximate surface area is 161 Å². The van der Waals surface area contributed by atoms with Gasteiger partial charge in [0, 0.05) is 11.1 Å². The van der Waals surface area contributed by atoms with Crippen LogP contribution in [0.25, 0.3) is 22.0 Å². The zero-order valence-electron chi connectivity index (χ0n) is 15.2. The SMILES string of the molecule is COc1ccccc1/C=N\NC(=O)c1cc(-c2ccc3ccccc3c2)n[nH]1. The lowest BCUT2D eigenvalue weighted by Crippen LogP contribution is -2.18. The van der Waals surface area contributed by atoms with Crippen LogP contribution in [0, 0.1) is 0 Å². The highest BCUT2D eigenvalue weighted by molar-refractivity contribution is 5.95. The lowest BCUT2D eigenvalue weighted by molar-refractivity contribution is 0.0950. The van der Waals surface area contributed by atoms with Crippen molar-refractivity contribution in [2.75, 3.05) is 7.11 Å². The number of hydrogen-bond acceptors (Lipinski definition) is 4. The monoisotopic (exact) mass is 370 g/mol. The first-order chi connectivity index (χ1) is 13.7. The highest BCUT2D eigenvalue weighted by Crippen LogP contribution is 2.23. The fourth-order valence-electron chi connectivity index (χ4n) is 2.93. The molecule has 0 saturated heterocycles. The van der Waals surface area contributed by atoms with E-state index in [1.165, 1.54) is 6.21 Å².